The van der Waals surface area contributed by atoms with Gasteiger partial charge in [0.05, 0.1) is 17.1 Å². The molecule has 1 N–H and O–H groups in total. The van der Waals surface area contributed by atoms with Crippen molar-refractivity contribution < 1.29 is 22.7 Å². The van der Waals surface area contributed by atoms with Gasteiger partial charge in [-0.15, -0.1) is 0 Å². The highest BCUT2D eigenvalue weighted by Crippen LogP contribution is 2.36. The van der Waals surface area contributed by atoms with Gasteiger partial charge in [-0.05, 0) is 40.2 Å². The van der Waals surface area contributed by atoms with Gasteiger partial charge in [0.1, 0.15) is 17.1 Å². The number of aromatic nitrogens is 2. The van der Waals surface area contributed by atoms with Crippen LogP contribution in [0, 0.1) is 0 Å². The second-order valence-electron chi connectivity index (χ2n) is 4.94. The molecule has 0 bridgehead atoms. The van der Waals surface area contributed by atoms with Crippen molar-refractivity contribution >= 4 is 32.6 Å². The number of halogens is 4. The Labute approximate surface area is 142 Å². The van der Waals surface area contributed by atoms with Crippen molar-refractivity contribution in [2.24, 2.45) is 0 Å². The molecule has 0 aliphatic heterocycles. The Bertz CT molecular complexity index is 935. The lowest BCUT2D eigenvalue weighted by Gasteiger charge is -2.08. The van der Waals surface area contributed by atoms with Gasteiger partial charge in [-0.1, -0.05) is 6.07 Å². The van der Waals surface area contributed by atoms with E-state index >= 15 is 0 Å². The molecular formula is C16H10BrF3N2O2. The highest BCUT2D eigenvalue weighted by molar-refractivity contribution is 9.10. The van der Waals surface area contributed by atoms with E-state index in [-0.39, 0.29) is 11.3 Å². The molecule has 124 valence electrons. The molecule has 2 heterocycles. The van der Waals surface area contributed by atoms with Crippen LogP contribution in [-0.4, -0.2) is 22.9 Å². The highest BCUT2D eigenvalue weighted by atomic mass is 79.9. The predicted octanol–water partition coefficient (Wildman–Crippen LogP) is 4.58. The number of benzene rings is 1. The number of hydrogen-bond acceptors (Lipinski definition) is 3. The second-order valence-corrected chi connectivity index (χ2v) is 5.73. The number of nitrogens with one attached hydrogen (secondary N) is 1. The molecule has 3 aromatic rings. The number of alkyl halides is 3. The lowest BCUT2D eigenvalue weighted by molar-refractivity contribution is -0.141. The van der Waals surface area contributed by atoms with Crippen molar-refractivity contribution in [1.82, 2.24) is 9.97 Å². The Morgan fingerprint density at radius 3 is 2.67 bits per heavy atom. The summed E-state index contributed by atoms with van der Waals surface area (Å²) in [7, 11) is 1.48. The number of aromatic amines is 1. The first kappa shape index (κ1) is 16.5. The first-order valence-electron chi connectivity index (χ1n) is 6.75. The molecule has 0 amide bonds. The van der Waals surface area contributed by atoms with Crippen LogP contribution in [0.3, 0.4) is 0 Å². The fourth-order valence-electron chi connectivity index (χ4n) is 2.36. The summed E-state index contributed by atoms with van der Waals surface area (Å²) in [6, 6.07) is 6.66. The van der Waals surface area contributed by atoms with Gasteiger partial charge in [0.15, 0.2) is 0 Å². The summed E-state index contributed by atoms with van der Waals surface area (Å²) in [5, 5.41) is 0.526. The molecule has 3 rings (SSSR count). The van der Waals surface area contributed by atoms with Crippen molar-refractivity contribution in [3.05, 3.63) is 58.0 Å². The summed E-state index contributed by atoms with van der Waals surface area (Å²) in [5.41, 5.74) is -0.522. The first-order chi connectivity index (χ1) is 11.3. The van der Waals surface area contributed by atoms with Crippen molar-refractivity contribution in [1.29, 1.82) is 0 Å². The van der Waals surface area contributed by atoms with Crippen LogP contribution >= 0.6 is 15.9 Å². The number of hydrogen-bond donors (Lipinski definition) is 1. The van der Waals surface area contributed by atoms with Gasteiger partial charge in [-0.3, -0.25) is 4.79 Å². The summed E-state index contributed by atoms with van der Waals surface area (Å²) >= 11 is 3.36. The van der Waals surface area contributed by atoms with E-state index in [1.165, 1.54) is 19.4 Å². The van der Waals surface area contributed by atoms with Gasteiger partial charge >= 0.3 is 6.18 Å². The predicted molar refractivity (Wildman–Crippen MR) is 85.2 cm³/mol. The van der Waals surface area contributed by atoms with Crippen LogP contribution in [0.15, 0.2) is 41.0 Å². The van der Waals surface area contributed by atoms with Crippen LogP contribution in [0.2, 0.25) is 0 Å². The van der Waals surface area contributed by atoms with Crippen molar-refractivity contribution in [2.45, 2.75) is 6.18 Å². The van der Waals surface area contributed by atoms with Gasteiger partial charge in [0, 0.05) is 17.1 Å². The van der Waals surface area contributed by atoms with Gasteiger partial charge in [-0.25, -0.2) is 4.98 Å². The zero-order valence-corrected chi connectivity index (χ0v) is 13.8. The summed E-state index contributed by atoms with van der Waals surface area (Å²) in [4.78, 5) is 19.0. The summed E-state index contributed by atoms with van der Waals surface area (Å²) < 4.78 is 44.1. The van der Waals surface area contributed by atoms with E-state index in [1.807, 2.05) is 0 Å². The zero-order chi connectivity index (χ0) is 17.5. The molecule has 1 aromatic carbocycles. The zero-order valence-electron chi connectivity index (χ0n) is 12.2. The minimum absolute atomic E-state index is 0.211. The number of rotatable bonds is 3. The molecule has 8 heteroatoms. The maximum absolute atomic E-state index is 12.8. The maximum Gasteiger partial charge on any atom is 0.433 e. The lowest BCUT2D eigenvalue weighted by atomic mass is 10.1. The van der Waals surface area contributed by atoms with Crippen LogP contribution in [-0.2, 0) is 6.18 Å². The Morgan fingerprint density at radius 2 is 2.00 bits per heavy atom. The van der Waals surface area contributed by atoms with Gasteiger partial charge < -0.3 is 9.72 Å². The number of pyridine rings is 1. The third-order valence-corrected chi connectivity index (χ3v) is 4.27. The highest BCUT2D eigenvalue weighted by Gasteiger charge is 2.33. The lowest BCUT2D eigenvalue weighted by Crippen LogP contribution is -2.12. The summed E-state index contributed by atoms with van der Waals surface area (Å²) in [6.45, 7) is 0. The molecule has 0 unspecified atom stereocenters. The molecule has 0 atom stereocenters. The Kier molecular flexibility index (Phi) is 4.08. The van der Waals surface area contributed by atoms with E-state index in [9.17, 15) is 18.0 Å². The van der Waals surface area contributed by atoms with Crippen molar-refractivity contribution in [3.63, 3.8) is 0 Å². The third-order valence-electron chi connectivity index (χ3n) is 3.48. The quantitative estimate of drug-likeness (QED) is 0.656. The fraction of sp³-hybridized carbons (Fsp3) is 0.125. The van der Waals surface area contributed by atoms with Crippen LogP contribution in [0.5, 0.6) is 5.75 Å². The van der Waals surface area contributed by atoms with E-state index in [2.05, 4.69) is 25.9 Å². The fourth-order valence-corrected chi connectivity index (χ4v) is 3.08. The van der Waals surface area contributed by atoms with E-state index in [0.717, 1.165) is 12.1 Å². The topological polar surface area (TPSA) is 55.0 Å². The third kappa shape index (κ3) is 2.77. The van der Waals surface area contributed by atoms with Gasteiger partial charge in [0.2, 0.25) is 5.78 Å². The van der Waals surface area contributed by atoms with Crippen LogP contribution < -0.4 is 4.74 Å². The molecule has 0 radical (unpaired) electrons. The number of fused-ring (bicyclic) bond motifs is 1. The number of carbonyl (C=O) groups is 1. The van der Waals surface area contributed by atoms with E-state index < -0.39 is 17.7 Å². The molecule has 24 heavy (non-hydrogen) atoms. The number of carbonyl (C=O) groups excluding carboxylic acids is 1. The molecule has 0 aliphatic carbocycles. The van der Waals surface area contributed by atoms with Gasteiger partial charge in [-0.2, -0.15) is 13.2 Å². The number of nitrogens with zero attached hydrogens (tertiary/aromatic N) is 1. The minimum atomic E-state index is -4.61. The molecule has 2 aromatic heterocycles. The largest absolute Gasteiger partial charge is 0.496 e. The summed E-state index contributed by atoms with van der Waals surface area (Å²) in [5.74, 6) is -0.102. The summed E-state index contributed by atoms with van der Waals surface area (Å²) in [6.07, 6.45) is -3.17. The van der Waals surface area contributed by atoms with Crippen LogP contribution in [0.4, 0.5) is 13.2 Å². The molecule has 0 aliphatic rings. The number of methoxy groups -OCH3 is 1. The van der Waals surface area contributed by atoms with E-state index in [4.69, 9.17) is 4.74 Å². The van der Waals surface area contributed by atoms with Crippen molar-refractivity contribution in [2.75, 3.05) is 7.11 Å². The van der Waals surface area contributed by atoms with E-state index in [0.29, 0.717) is 21.1 Å². The maximum atomic E-state index is 12.8. The minimum Gasteiger partial charge on any atom is -0.496 e. The second kappa shape index (κ2) is 5.94. The standard InChI is InChI=1S/C16H10BrF3N2O2/c1-24-11-6-5-9-13(14(11)17)8(7-21-9)15(23)10-3-2-4-12(22-10)16(18,19)20/h2-7,21H,1H3. The average Bonchev–Trinajstić information content (AvgIpc) is 2.99. The number of ketones is 1. The van der Waals surface area contributed by atoms with Crippen molar-refractivity contribution in [3.8, 4) is 5.75 Å². The number of ether oxygens (including phenoxy) is 1. The molecule has 0 spiro atoms. The molecule has 0 saturated carbocycles. The smallest absolute Gasteiger partial charge is 0.433 e. The van der Waals surface area contributed by atoms with E-state index in [1.54, 1.807) is 12.1 Å². The first-order valence-corrected chi connectivity index (χ1v) is 7.54. The molecule has 0 fully saturated rings. The average molecular weight is 399 g/mol. The van der Waals surface area contributed by atoms with Crippen LogP contribution in [0.1, 0.15) is 21.7 Å². The Hall–Kier alpha value is -2.35. The Morgan fingerprint density at radius 1 is 1.25 bits per heavy atom. The molecule has 4 nitrogen and oxygen atoms in total. The molecular weight excluding hydrogens is 389 g/mol. The van der Waals surface area contributed by atoms with Gasteiger partial charge in [0.25, 0.3) is 0 Å². The monoisotopic (exact) mass is 398 g/mol. The Balaban J connectivity index is 2.13. The number of H-pyrrole nitrogens is 1. The van der Waals surface area contributed by atoms with Crippen LogP contribution in [0.25, 0.3) is 10.9 Å². The molecule has 0 saturated heterocycles. The normalized spacial score (nSPS) is 11.7. The SMILES string of the molecule is COc1ccc2[nH]cc(C(=O)c3cccc(C(F)(F)F)n3)c2c1Br.